The van der Waals surface area contributed by atoms with Gasteiger partial charge in [0.2, 0.25) is 0 Å². The van der Waals surface area contributed by atoms with Crippen molar-refractivity contribution in [3.63, 3.8) is 0 Å². The zero-order chi connectivity index (χ0) is 10.7. The Kier molecular flexibility index (Phi) is 3.38. The van der Waals surface area contributed by atoms with E-state index in [-0.39, 0.29) is 5.91 Å². The van der Waals surface area contributed by atoms with E-state index in [4.69, 9.17) is 4.74 Å². The van der Waals surface area contributed by atoms with Gasteiger partial charge >= 0.3 is 0 Å². The third kappa shape index (κ3) is 2.38. The summed E-state index contributed by atoms with van der Waals surface area (Å²) in [5, 5.41) is 0. The second kappa shape index (κ2) is 4.77. The number of nitrogens with zero attached hydrogens (tertiary/aromatic N) is 1. The molecule has 0 spiro atoms. The van der Waals surface area contributed by atoms with E-state index in [0.717, 1.165) is 24.0 Å². The Balaban J connectivity index is 2.16. The van der Waals surface area contributed by atoms with E-state index in [1.54, 1.807) is 4.90 Å². The van der Waals surface area contributed by atoms with Crippen molar-refractivity contribution in [1.82, 2.24) is 4.90 Å². The van der Waals surface area contributed by atoms with Gasteiger partial charge in [-0.3, -0.25) is 4.79 Å². The highest BCUT2D eigenvalue weighted by Crippen LogP contribution is 2.18. The van der Waals surface area contributed by atoms with Gasteiger partial charge < -0.3 is 9.64 Å². The molecule has 80 valence electrons. The molecule has 0 saturated carbocycles. The Labute approximate surface area is 97.2 Å². The molecule has 0 N–H and O–H groups in total. The largest absolute Gasteiger partial charge is 0.361 e. The number of ether oxygens (including phenoxy) is 1. The van der Waals surface area contributed by atoms with Crippen LogP contribution in [-0.2, 0) is 4.74 Å². The average Bonchev–Trinajstić information content (AvgIpc) is 2.30. The van der Waals surface area contributed by atoms with Crippen LogP contribution in [0.25, 0.3) is 0 Å². The summed E-state index contributed by atoms with van der Waals surface area (Å²) < 4.78 is 6.09. The number of benzene rings is 1. The molecular weight excluding hydrogens is 258 g/mol. The zero-order valence-corrected chi connectivity index (χ0v) is 9.87. The van der Waals surface area contributed by atoms with Crippen LogP contribution in [0.3, 0.4) is 0 Å². The molecule has 1 aromatic carbocycles. The fourth-order valence-electron chi connectivity index (χ4n) is 1.56. The smallest absolute Gasteiger partial charge is 0.256 e. The molecule has 0 aromatic heterocycles. The zero-order valence-electron chi connectivity index (χ0n) is 8.28. The van der Waals surface area contributed by atoms with Gasteiger partial charge in [-0.2, -0.15) is 0 Å². The minimum Gasteiger partial charge on any atom is -0.361 e. The van der Waals surface area contributed by atoms with Crippen molar-refractivity contribution in [3.05, 3.63) is 34.3 Å². The Bertz CT molecular complexity index is 361. The van der Waals surface area contributed by atoms with Gasteiger partial charge in [-0.1, -0.05) is 12.1 Å². The molecule has 0 bridgehead atoms. The molecule has 3 nitrogen and oxygen atoms in total. The number of halogens is 1. The van der Waals surface area contributed by atoms with Gasteiger partial charge in [0.05, 0.1) is 12.2 Å². The minimum atomic E-state index is 0.0298. The molecular formula is C11H12BrNO2. The molecule has 1 fully saturated rings. The highest BCUT2D eigenvalue weighted by Gasteiger charge is 2.19. The molecule has 0 unspecified atom stereocenters. The van der Waals surface area contributed by atoms with Gasteiger partial charge in [-0.05, 0) is 34.5 Å². The highest BCUT2D eigenvalue weighted by atomic mass is 79.9. The third-order valence-electron chi connectivity index (χ3n) is 2.36. The maximum atomic E-state index is 12.0. The van der Waals surface area contributed by atoms with Crippen LogP contribution < -0.4 is 0 Å². The molecule has 1 aromatic rings. The van der Waals surface area contributed by atoms with Gasteiger partial charge in [0.1, 0.15) is 6.73 Å². The van der Waals surface area contributed by atoms with Crippen LogP contribution in [0.5, 0.6) is 0 Å². The number of rotatable bonds is 1. The molecule has 1 heterocycles. The van der Waals surface area contributed by atoms with E-state index < -0.39 is 0 Å². The van der Waals surface area contributed by atoms with Crippen LogP contribution in [0.15, 0.2) is 28.7 Å². The fourth-order valence-corrected chi connectivity index (χ4v) is 2.02. The average molecular weight is 270 g/mol. The van der Waals surface area contributed by atoms with Crippen molar-refractivity contribution in [1.29, 1.82) is 0 Å². The van der Waals surface area contributed by atoms with E-state index in [1.807, 2.05) is 24.3 Å². The number of hydrogen-bond donors (Lipinski definition) is 0. The molecule has 0 aliphatic carbocycles. The quantitative estimate of drug-likeness (QED) is 0.783. The van der Waals surface area contributed by atoms with Gasteiger partial charge in [0, 0.05) is 11.0 Å². The Morgan fingerprint density at radius 2 is 2.20 bits per heavy atom. The van der Waals surface area contributed by atoms with Crippen LogP contribution >= 0.6 is 15.9 Å². The van der Waals surface area contributed by atoms with Crippen molar-refractivity contribution < 1.29 is 9.53 Å². The lowest BCUT2D eigenvalue weighted by atomic mass is 10.2. The van der Waals surface area contributed by atoms with Gasteiger partial charge in [0.25, 0.3) is 5.91 Å². The summed E-state index contributed by atoms with van der Waals surface area (Å²) >= 11 is 3.38. The van der Waals surface area contributed by atoms with Crippen LogP contribution in [0.4, 0.5) is 0 Å². The van der Waals surface area contributed by atoms with Crippen molar-refractivity contribution in [2.24, 2.45) is 0 Å². The van der Waals surface area contributed by atoms with E-state index in [2.05, 4.69) is 15.9 Å². The summed E-state index contributed by atoms with van der Waals surface area (Å²) in [6.07, 6.45) is 0.913. The maximum Gasteiger partial charge on any atom is 0.256 e. The SMILES string of the molecule is O=C(c1ccccc1Br)N1CCCOC1. The molecule has 2 rings (SSSR count). The number of hydrogen-bond acceptors (Lipinski definition) is 2. The summed E-state index contributed by atoms with van der Waals surface area (Å²) in [6, 6.07) is 7.45. The fraction of sp³-hybridized carbons (Fsp3) is 0.364. The van der Waals surface area contributed by atoms with Crippen molar-refractivity contribution in [2.45, 2.75) is 6.42 Å². The Morgan fingerprint density at radius 1 is 1.40 bits per heavy atom. The molecule has 0 atom stereocenters. The maximum absolute atomic E-state index is 12.0. The number of amides is 1. The summed E-state index contributed by atoms with van der Waals surface area (Å²) in [6.45, 7) is 1.93. The second-order valence-corrected chi connectivity index (χ2v) is 4.29. The molecule has 15 heavy (non-hydrogen) atoms. The monoisotopic (exact) mass is 269 g/mol. The molecule has 4 heteroatoms. The highest BCUT2D eigenvalue weighted by molar-refractivity contribution is 9.10. The Hall–Kier alpha value is -0.870. The summed E-state index contributed by atoms with van der Waals surface area (Å²) in [5.41, 5.74) is 0.697. The van der Waals surface area contributed by atoms with Crippen LogP contribution in [0.1, 0.15) is 16.8 Å². The standard InChI is InChI=1S/C11H12BrNO2/c12-10-5-2-1-4-9(10)11(14)13-6-3-7-15-8-13/h1-2,4-5H,3,6-8H2. The van der Waals surface area contributed by atoms with E-state index in [9.17, 15) is 4.79 Å². The second-order valence-electron chi connectivity index (χ2n) is 3.44. The normalized spacial score (nSPS) is 16.5. The molecule has 1 amide bonds. The van der Waals surface area contributed by atoms with Gasteiger partial charge in [-0.15, -0.1) is 0 Å². The Morgan fingerprint density at radius 3 is 2.87 bits per heavy atom. The van der Waals surface area contributed by atoms with Crippen LogP contribution in [0.2, 0.25) is 0 Å². The first-order valence-corrected chi connectivity index (χ1v) is 5.70. The lowest BCUT2D eigenvalue weighted by molar-refractivity contribution is -0.00576. The van der Waals surface area contributed by atoms with E-state index >= 15 is 0 Å². The predicted octanol–water partition coefficient (Wildman–Crippen LogP) is 2.27. The number of carbonyl (C=O) groups is 1. The van der Waals surface area contributed by atoms with E-state index in [1.165, 1.54) is 0 Å². The molecule has 1 saturated heterocycles. The van der Waals surface area contributed by atoms with Crippen molar-refractivity contribution in [3.8, 4) is 0 Å². The van der Waals surface area contributed by atoms with Crippen LogP contribution in [-0.4, -0.2) is 30.7 Å². The van der Waals surface area contributed by atoms with Crippen molar-refractivity contribution >= 4 is 21.8 Å². The molecule has 0 radical (unpaired) electrons. The summed E-state index contributed by atoms with van der Waals surface area (Å²) in [5.74, 6) is 0.0298. The minimum absolute atomic E-state index is 0.0298. The van der Waals surface area contributed by atoms with Gasteiger partial charge in [0.15, 0.2) is 0 Å². The van der Waals surface area contributed by atoms with Crippen molar-refractivity contribution in [2.75, 3.05) is 19.9 Å². The van der Waals surface area contributed by atoms with Gasteiger partial charge in [-0.25, -0.2) is 0 Å². The topological polar surface area (TPSA) is 29.5 Å². The lowest BCUT2D eigenvalue weighted by Gasteiger charge is -2.27. The summed E-state index contributed by atoms with van der Waals surface area (Å²) in [7, 11) is 0. The molecule has 1 aliphatic heterocycles. The summed E-state index contributed by atoms with van der Waals surface area (Å²) in [4.78, 5) is 13.8. The van der Waals surface area contributed by atoms with Crippen LogP contribution in [0, 0.1) is 0 Å². The predicted molar refractivity (Wildman–Crippen MR) is 60.6 cm³/mol. The van der Waals surface area contributed by atoms with E-state index in [0.29, 0.717) is 12.3 Å². The lowest BCUT2D eigenvalue weighted by Crippen LogP contribution is -2.38. The molecule has 1 aliphatic rings. The third-order valence-corrected chi connectivity index (χ3v) is 3.05. The first-order chi connectivity index (χ1) is 7.29. The first kappa shape index (κ1) is 10.6. The first-order valence-electron chi connectivity index (χ1n) is 4.90. The number of carbonyl (C=O) groups excluding carboxylic acids is 1.